The van der Waals surface area contributed by atoms with Crippen molar-refractivity contribution in [1.82, 2.24) is 10.3 Å². The van der Waals surface area contributed by atoms with Crippen molar-refractivity contribution in [2.75, 3.05) is 0 Å². The Morgan fingerprint density at radius 3 is 2.79 bits per heavy atom. The smallest absolute Gasteiger partial charge is 0.308 e. The van der Waals surface area contributed by atoms with Crippen molar-refractivity contribution < 1.29 is 14.7 Å². The number of carboxylic acids is 1. The lowest BCUT2D eigenvalue weighted by Crippen LogP contribution is -2.55. The summed E-state index contributed by atoms with van der Waals surface area (Å²) < 4.78 is 0. The summed E-state index contributed by atoms with van der Waals surface area (Å²) in [5.74, 6) is -1.97. The van der Waals surface area contributed by atoms with Crippen LogP contribution in [0.1, 0.15) is 43.1 Å². The van der Waals surface area contributed by atoms with Gasteiger partial charge in [0.2, 0.25) is 0 Å². The van der Waals surface area contributed by atoms with Gasteiger partial charge < -0.3 is 15.4 Å². The van der Waals surface area contributed by atoms with Crippen molar-refractivity contribution in [3.05, 3.63) is 46.4 Å². The Bertz CT molecular complexity index is 857. The zero-order valence-corrected chi connectivity index (χ0v) is 13.5. The Hall–Kier alpha value is -2.63. The van der Waals surface area contributed by atoms with Crippen LogP contribution in [0, 0.1) is 5.92 Å². The second-order valence-corrected chi connectivity index (χ2v) is 6.61. The number of carboxylic acid groups (broad SMARTS) is 1. The van der Waals surface area contributed by atoms with Crippen LogP contribution in [0.3, 0.4) is 0 Å². The number of rotatable bonds is 3. The van der Waals surface area contributed by atoms with E-state index < -0.39 is 23.3 Å². The molecule has 2 atom stereocenters. The fraction of sp³-hybridized carbons (Fsp3) is 0.389. The minimum Gasteiger partial charge on any atom is -0.481 e. The van der Waals surface area contributed by atoms with Crippen molar-refractivity contribution in [2.24, 2.45) is 5.92 Å². The lowest BCUT2D eigenvalue weighted by atomic mass is 9.74. The first kappa shape index (κ1) is 16.2. The van der Waals surface area contributed by atoms with Crippen LogP contribution in [0.25, 0.3) is 10.8 Å². The lowest BCUT2D eigenvalue weighted by molar-refractivity contribution is -0.145. The molecular formula is C18H20N2O4. The third-order valence-electron chi connectivity index (χ3n) is 4.90. The fourth-order valence-electron chi connectivity index (χ4n) is 3.54. The van der Waals surface area contributed by atoms with Crippen LogP contribution < -0.4 is 10.9 Å². The molecule has 6 nitrogen and oxygen atoms in total. The molecule has 3 rings (SSSR count). The second-order valence-electron chi connectivity index (χ2n) is 6.61. The summed E-state index contributed by atoms with van der Waals surface area (Å²) in [6, 6.07) is 8.64. The molecular weight excluding hydrogens is 308 g/mol. The van der Waals surface area contributed by atoms with Gasteiger partial charge in [-0.1, -0.05) is 31.0 Å². The lowest BCUT2D eigenvalue weighted by Gasteiger charge is -2.39. The Labute approximate surface area is 138 Å². The summed E-state index contributed by atoms with van der Waals surface area (Å²) in [4.78, 5) is 38.8. The molecule has 6 heteroatoms. The Morgan fingerprint density at radius 2 is 2.04 bits per heavy atom. The van der Waals surface area contributed by atoms with E-state index >= 15 is 0 Å². The normalized spacial score (nSPS) is 23.8. The van der Waals surface area contributed by atoms with E-state index in [-0.39, 0.29) is 11.3 Å². The SMILES string of the molecule is C[C@]1(NC(=O)c2cc3ccccc3c(=O)[nH]2)CCCC[C@H]1C(=O)O. The maximum absolute atomic E-state index is 12.6. The van der Waals surface area contributed by atoms with Crippen molar-refractivity contribution in [2.45, 2.75) is 38.1 Å². The van der Waals surface area contributed by atoms with Gasteiger partial charge in [0, 0.05) is 5.39 Å². The van der Waals surface area contributed by atoms with E-state index in [1.807, 2.05) is 0 Å². The van der Waals surface area contributed by atoms with Crippen molar-refractivity contribution >= 4 is 22.6 Å². The molecule has 1 heterocycles. The molecule has 0 bridgehead atoms. The number of aliphatic carboxylic acids is 1. The van der Waals surface area contributed by atoms with E-state index in [1.165, 1.54) is 0 Å². The first-order valence-corrected chi connectivity index (χ1v) is 8.08. The molecule has 1 fully saturated rings. The summed E-state index contributed by atoms with van der Waals surface area (Å²) in [6.45, 7) is 1.77. The molecule has 1 saturated carbocycles. The molecule has 1 aromatic carbocycles. The van der Waals surface area contributed by atoms with Crippen molar-refractivity contribution in [3.63, 3.8) is 0 Å². The van der Waals surface area contributed by atoms with Crippen LogP contribution in [-0.4, -0.2) is 27.5 Å². The number of carbonyl (C=O) groups excluding carboxylic acids is 1. The van der Waals surface area contributed by atoms with Gasteiger partial charge in [-0.05, 0) is 37.3 Å². The Kier molecular flexibility index (Phi) is 4.13. The monoisotopic (exact) mass is 328 g/mol. The number of fused-ring (bicyclic) bond motifs is 1. The number of H-pyrrole nitrogens is 1. The van der Waals surface area contributed by atoms with Gasteiger partial charge in [-0.15, -0.1) is 0 Å². The van der Waals surface area contributed by atoms with Crippen LogP contribution in [-0.2, 0) is 4.79 Å². The summed E-state index contributed by atoms with van der Waals surface area (Å²) >= 11 is 0. The molecule has 0 radical (unpaired) electrons. The Morgan fingerprint density at radius 1 is 1.29 bits per heavy atom. The summed E-state index contributed by atoms with van der Waals surface area (Å²) in [5, 5.41) is 13.5. The summed E-state index contributed by atoms with van der Waals surface area (Å²) in [6.07, 6.45) is 2.86. The molecule has 3 N–H and O–H groups in total. The second kappa shape index (κ2) is 6.11. The minimum absolute atomic E-state index is 0.148. The number of nitrogens with one attached hydrogen (secondary N) is 2. The van der Waals surface area contributed by atoms with Crippen LogP contribution in [0.2, 0.25) is 0 Å². The first-order valence-electron chi connectivity index (χ1n) is 8.08. The molecule has 1 aromatic heterocycles. The molecule has 0 unspecified atom stereocenters. The van der Waals surface area contributed by atoms with Crippen molar-refractivity contribution in [3.8, 4) is 0 Å². The predicted octanol–water partition coefficient (Wildman–Crippen LogP) is 2.29. The van der Waals surface area contributed by atoms with Gasteiger partial charge in [0.25, 0.3) is 11.5 Å². The van der Waals surface area contributed by atoms with E-state index in [1.54, 1.807) is 37.3 Å². The third-order valence-corrected chi connectivity index (χ3v) is 4.90. The molecule has 0 aliphatic heterocycles. The maximum atomic E-state index is 12.6. The zero-order chi connectivity index (χ0) is 17.3. The molecule has 24 heavy (non-hydrogen) atoms. The highest BCUT2D eigenvalue weighted by Gasteiger charge is 2.42. The quantitative estimate of drug-likeness (QED) is 0.805. The summed E-state index contributed by atoms with van der Waals surface area (Å²) in [7, 11) is 0. The highest BCUT2D eigenvalue weighted by Crippen LogP contribution is 2.34. The van der Waals surface area contributed by atoms with Gasteiger partial charge >= 0.3 is 5.97 Å². The number of pyridine rings is 1. The van der Waals surface area contributed by atoms with Crippen LogP contribution in [0.5, 0.6) is 0 Å². The third kappa shape index (κ3) is 2.91. The van der Waals surface area contributed by atoms with Crippen LogP contribution >= 0.6 is 0 Å². The van der Waals surface area contributed by atoms with Crippen LogP contribution in [0.4, 0.5) is 0 Å². The number of aromatic nitrogens is 1. The number of benzene rings is 1. The molecule has 2 aromatic rings. The fourth-order valence-corrected chi connectivity index (χ4v) is 3.54. The average molecular weight is 328 g/mol. The highest BCUT2D eigenvalue weighted by atomic mass is 16.4. The first-order chi connectivity index (χ1) is 11.4. The zero-order valence-electron chi connectivity index (χ0n) is 13.5. The number of hydrogen-bond acceptors (Lipinski definition) is 3. The van der Waals surface area contributed by atoms with Crippen molar-refractivity contribution in [1.29, 1.82) is 0 Å². The molecule has 1 aliphatic carbocycles. The van der Waals surface area contributed by atoms with Crippen LogP contribution in [0.15, 0.2) is 35.1 Å². The van der Waals surface area contributed by atoms with E-state index in [0.717, 1.165) is 12.8 Å². The highest BCUT2D eigenvalue weighted by molar-refractivity contribution is 5.97. The molecule has 0 saturated heterocycles. The number of aromatic amines is 1. The molecule has 126 valence electrons. The average Bonchev–Trinajstić information content (AvgIpc) is 2.54. The summed E-state index contributed by atoms with van der Waals surface area (Å²) in [5.41, 5.74) is -1.000. The van der Waals surface area contributed by atoms with E-state index in [9.17, 15) is 19.5 Å². The standard InChI is InChI=1S/C18H20N2O4/c1-18(9-5-4-8-13(18)17(23)24)20-16(22)14-10-11-6-2-3-7-12(11)15(21)19-14/h2-3,6-7,10,13H,4-5,8-9H2,1H3,(H,19,21)(H,20,22)(H,23,24)/t13-,18-/m0/s1. The van der Waals surface area contributed by atoms with E-state index in [0.29, 0.717) is 23.6 Å². The number of carbonyl (C=O) groups is 2. The van der Waals surface area contributed by atoms with Gasteiger partial charge in [0.15, 0.2) is 0 Å². The number of hydrogen-bond donors (Lipinski definition) is 3. The number of amides is 1. The predicted molar refractivity (Wildman–Crippen MR) is 90.0 cm³/mol. The molecule has 1 amide bonds. The van der Waals surface area contributed by atoms with E-state index in [4.69, 9.17) is 0 Å². The van der Waals surface area contributed by atoms with Gasteiger partial charge in [-0.2, -0.15) is 0 Å². The van der Waals surface area contributed by atoms with Gasteiger partial charge in [-0.3, -0.25) is 14.4 Å². The van der Waals surface area contributed by atoms with E-state index in [2.05, 4.69) is 10.3 Å². The largest absolute Gasteiger partial charge is 0.481 e. The maximum Gasteiger partial charge on any atom is 0.308 e. The van der Waals surface area contributed by atoms with Gasteiger partial charge in [-0.25, -0.2) is 0 Å². The molecule has 0 spiro atoms. The van der Waals surface area contributed by atoms with Gasteiger partial charge in [0.05, 0.1) is 11.5 Å². The van der Waals surface area contributed by atoms with Gasteiger partial charge in [0.1, 0.15) is 5.69 Å². The topological polar surface area (TPSA) is 99.3 Å². The minimum atomic E-state index is -0.899. The Balaban J connectivity index is 1.92. The molecule has 1 aliphatic rings.